The molecule has 0 heterocycles. The zero-order valence-electron chi connectivity index (χ0n) is 12.7. The smallest absolute Gasteiger partial charge is 0.240 e. The van der Waals surface area contributed by atoms with Crippen LogP contribution in [0.2, 0.25) is 0 Å². The van der Waals surface area contributed by atoms with E-state index in [0.717, 1.165) is 24.1 Å². The number of sulfonamides is 1. The molecule has 4 nitrogen and oxygen atoms in total. The second-order valence-electron chi connectivity index (χ2n) is 6.57. The summed E-state index contributed by atoms with van der Waals surface area (Å²) in [5.41, 5.74) is 2.21. The third-order valence-corrected chi connectivity index (χ3v) is 6.02. The zero-order valence-corrected chi connectivity index (χ0v) is 13.5. The minimum atomic E-state index is -3.38. The molecule has 1 aromatic rings. The molecule has 2 N–H and O–H groups in total. The third-order valence-electron chi connectivity index (χ3n) is 4.60. The van der Waals surface area contributed by atoms with Crippen LogP contribution in [0.3, 0.4) is 0 Å². The minimum absolute atomic E-state index is 0.383. The van der Waals surface area contributed by atoms with Gasteiger partial charge in [-0.05, 0) is 61.3 Å². The summed E-state index contributed by atoms with van der Waals surface area (Å²) < 4.78 is 27.5. The molecule has 2 fully saturated rings. The van der Waals surface area contributed by atoms with Gasteiger partial charge in [0.15, 0.2) is 0 Å². The van der Waals surface area contributed by atoms with Crippen LogP contribution in [-0.4, -0.2) is 21.0 Å². The monoisotopic (exact) mass is 308 g/mol. The van der Waals surface area contributed by atoms with E-state index >= 15 is 0 Å². The second-order valence-corrected chi connectivity index (χ2v) is 8.34. The minimum Gasteiger partial charge on any atom is -0.310 e. The predicted molar refractivity (Wildman–Crippen MR) is 83.5 cm³/mol. The van der Waals surface area contributed by atoms with Crippen molar-refractivity contribution < 1.29 is 8.42 Å². The summed E-state index contributed by atoms with van der Waals surface area (Å²) >= 11 is 0. The van der Waals surface area contributed by atoms with E-state index in [4.69, 9.17) is 0 Å². The van der Waals surface area contributed by atoms with Gasteiger partial charge in [0.25, 0.3) is 0 Å². The summed E-state index contributed by atoms with van der Waals surface area (Å²) in [5.74, 6) is 1.17. The first kappa shape index (κ1) is 15.0. The van der Waals surface area contributed by atoms with Crippen molar-refractivity contribution in [2.75, 3.05) is 6.54 Å². The van der Waals surface area contributed by atoms with Crippen LogP contribution < -0.4 is 10.0 Å². The highest BCUT2D eigenvalue weighted by Crippen LogP contribution is 2.37. The zero-order chi connectivity index (χ0) is 15.0. The van der Waals surface area contributed by atoms with Gasteiger partial charge in [-0.25, -0.2) is 13.1 Å². The highest BCUT2D eigenvalue weighted by molar-refractivity contribution is 7.89. The molecule has 0 aromatic heterocycles. The molecule has 1 aromatic carbocycles. The molecular weight excluding hydrogens is 284 g/mol. The van der Waals surface area contributed by atoms with Crippen molar-refractivity contribution in [3.05, 3.63) is 29.3 Å². The van der Waals surface area contributed by atoms with Gasteiger partial charge in [-0.1, -0.05) is 13.0 Å². The molecule has 0 radical (unpaired) electrons. The Labute approximate surface area is 127 Å². The first-order valence-electron chi connectivity index (χ1n) is 7.78. The molecule has 2 unspecified atom stereocenters. The molecule has 21 heavy (non-hydrogen) atoms. The van der Waals surface area contributed by atoms with Gasteiger partial charge < -0.3 is 5.32 Å². The van der Waals surface area contributed by atoms with E-state index in [9.17, 15) is 8.42 Å². The van der Waals surface area contributed by atoms with Crippen LogP contribution in [0.25, 0.3) is 0 Å². The van der Waals surface area contributed by atoms with Crippen LogP contribution in [0.15, 0.2) is 23.1 Å². The Morgan fingerprint density at radius 3 is 2.62 bits per heavy atom. The summed E-state index contributed by atoms with van der Waals surface area (Å²) in [5, 5.41) is 3.44. The van der Waals surface area contributed by atoms with Gasteiger partial charge >= 0.3 is 0 Å². The Hall–Kier alpha value is -0.910. The number of benzene rings is 1. The molecule has 0 spiro atoms. The van der Waals surface area contributed by atoms with Gasteiger partial charge in [-0.3, -0.25) is 0 Å². The maximum Gasteiger partial charge on any atom is 0.240 e. The molecule has 116 valence electrons. The van der Waals surface area contributed by atoms with Crippen molar-refractivity contribution in [3.8, 4) is 0 Å². The van der Waals surface area contributed by atoms with Crippen LogP contribution in [0.4, 0.5) is 0 Å². The maximum absolute atomic E-state index is 12.4. The van der Waals surface area contributed by atoms with Gasteiger partial charge in [0.2, 0.25) is 10.0 Å². The average molecular weight is 308 g/mol. The molecule has 2 saturated carbocycles. The molecule has 5 heteroatoms. The quantitative estimate of drug-likeness (QED) is 0.812. The van der Waals surface area contributed by atoms with Crippen molar-refractivity contribution in [2.24, 2.45) is 11.8 Å². The van der Waals surface area contributed by atoms with E-state index in [0.29, 0.717) is 29.3 Å². The molecule has 2 aliphatic rings. The Morgan fingerprint density at radius 1 is 1.29 bits per heavy atom. The highest BCUT2D eigenvalue weighted by atomic mass is 32.2. The topological polar surface area (TPSA) is 58.2 Å². The molecule has 0 amide bonds. The fourth-order valence-corrected chi connectivity index (χ4v) is 3.68. The molecule has 0 bridgehead atoms. The van der Waals surface area contributed by atoms with Gasteiger partial charge in [0.05, 0.1) is 4.90 Å². The molecule has 0 saturated heterocycles. The number of aryl methyl sites for hydroxylation is 1. The summed E-state index contributed by atoms with van der Waals surface area (Å²) in [6.45, 7) is 5.50. The first-order chi connectivity index (χ1) is 9.95. The van der Waals surface area contributed by atoms with Crippen LogP contribution in [0, 0.1) is 18.8 Å². The molecule has 2 aliphatic carbocycles. The number of hydrogen-bond donors (Lipinski definition) is 2. The lowest BCUT2D eigenvalue weighted by Crippen LogP contribution is -2.26. The van der Waals surface area contributed by atoms with E-state index in [1.54, 1.807) is 6.07 Å². The Kier molecular flexibility index (Phi) is 4.08. The number of hydrogen-bond acceptors (Lipinski definition) is 3. The summed E-state index contributed by atoms with van der Waals surface area (Å²) in [4.78, 5) is 0.383. The Bertz CT molecular complexity index is 623. The SMILES string of the molecule is Cc1ccc(S(=O)(=O)NCC2CC2C)cc1CNC1CC1. The van der Waals surface area contributed by atoms with Crippen LogP contribution in [0.1, 0.15) is 37.3 Å². The van der Waals surface area contributed by atoms with Gasteiger partial charge in [-0.2, -0.15) is 0 Å². The summed E-state index contributed by atoms with van der Waals surface area (Å²) in [6, 6.07) is 6.04. The van der Waals surface area contributed by atoms with E-state index < -0.39 is 10.0 Å². The lowest BCUT2D eigenvalue weighted by molar-refractivity contribution is 0.574. The van der Waals surface area contributed by atoms with Crippen LogP contribution in [-0.2, 0) is 16.6 Å². The average Bonchev–Trinajstić information content (AvgIpc) is 3.33. The highest BCUT2D eigenvalue weighted by Gasteiger charge is 2.33. The van der Waals surface area contributed by atoms with Gasteiger partial charge in [0, 0.05) is 19.1 Å². The van der Waals surface area contributed by atoms with Crippen LogP contribution in [0.5, 0.6) is 0 Å². The first-order valence-corrected chi connectivity index (χ1v) is 9.26. The lowest BCUT2D eigenvalue weighted by Gasteiger charge is -2.11. The number of rotatable bonds is 7. The van der Waals surface area contributed by atoms with Gasteiger partial charge in [-0.15, -0.1) is 0 Å². The normalized spacial score (nSPS) is 25.0. The van der Waals surface area contributed by atoms with Crippen molar-refractivity contribution in [1.82, 2.24) is 10.0 Å². The molecular formula is C16H24N2O2S. The fraction of sp³-hybridized carbons (Fsp3) is 0.625. The fourth-order valence-electron chi connectivity index (χ4n) is 2.53. The molecule has 3 rings (SSSR count). The second kappa shape index (κ2) is 5.71. The van der Waals surface area contributed by atoms with E-state index in [1.807, 2.05) is 19.1 Å². The maximum atomic E-state index is 12.4. The van der Waals surface area contributed by atoms with Crippen molar-refractivity contribution in [2.45, 2.75) is 50.6 Å². The molecule has 0 aliphatic heterocycles. The Balaban J connectivity index is 1.68. The van der Waals surface area contributed by atoms with E-state index in [-0.39, 0.29) is 0 Å². The van der Waals surface area contributed by atoms with Crippen LogP contribution >= 0.6 is 0 Å². The van der Waals surface area contributed by atoms with Crippen molar-refractivity contribution in [3.63, 3.8) is 0 Å². The molecule has 2 atom stereocenters. The Morgan fingerprint density at radius 2 is 2.00 bits per heavy atom. The standard InChI is InChI=1S/C16H24N2O2S/c1-11-3-6-16(8-14(11)9-17-15-4-5-15)21(19,20)18-10-13-7-12(13)2/h3,6,8,12-13,15,17-18H,4-5,7,9-10H2,1-2H3. The predicted octanol–water partition coefficient (Wildman–Crippen LogP) is 2.18. The van der Waals surface area contributed by atoms with Crippen molar-refractivity contribution in [1.29, 1.82) is 0 Å². The van der Waals surface area contributed by atoms with Gasteiger partial charge in [0.1, 0.15) is 0 Å². The third kappa shape index (κ3) is 3.84. The van der Waals surface area contributed by atoms with E-state index in [1.165, 1.54) is 12.8 Å². The summed E-state index contributed by atoms with van der Waals surface area (Å²) in [6.07, 6.45) is 3.60. The largest absolute Gasteiger partial charge is 0.310 e. The summed E-state index contributed by atoms with van der Waals surface area (Å²) in [7, 11) is -3.38. The lowest BCUT2D eigenvalue weighted by atomic mass is 10.1. The van der Waals surface area contributed by atoms with E-state index in [2.05, 4.69) is 17.0 Å². The number of nitrogens with one attached hydrogen (secondary N) is 2. The van der Waals surface area contributed by atoms with Crippen molar-refractivity contribution >= 4 is 10.0 Å².